The summed E-state index contributed by atoms with van der Waals surface area (Å²) in [5.74, 6) is 0. The average molecular weight is 287 g/mol. The summed E-state index contributed by atoms with van der Waals surface area (Å²) in [6, 6.07) is 6.24. The van der Waals surface area contributed by atoms with Gasteiger partial charge in [0.15, 0.2) is 0 Å². The van der Waals surface area contributed by atoms with Gasteiger partial charge in [0.1, 0.15) is 11.4 Å². The number of hydrogen-bond acceptors (Lipinski definition) is 2. The van der Waals surface area contributed by atoms with Crippen LogP contribution in [-0.4, -0.2) is 34.3 Å². The molecule has 0 atom stereocenters. The number of quaternary nitrogens is 2. The fraction of sp³-hybridized carbons (Fsp3) is 0.538. The highest BCUT2D eigenvalue weighted by Crippen LogP contribution is 2.14. The van der Waals surface area contributed by atoms with Crippen molar-refractivity contribution in [3.8, 4) is 0 Å². The Labute approximate surface area is 115 Å². The lowest BCUT2D eigenvalue weighted by atomic mass is 10.1. The van der Waals surface area contributed by atoms with E-state index in [1.165, 1.54) is 16.8 Å². The molecule has 0 spiro atoms. The van der Waals surface area contributed by atoms with Gasteiger partial charge in [-0.25, -0.2) is 13.1 Å². The van der Waals surface area contributed by atoms with Crippen LogP contribution >= 0.6 is 0 Å². The fourth-order valence-corrected chi connectivity index (χ4v) is 2.58. The zero-order valence-electron chi connectivity index (χ0n) is 12.0. The maximum absolute atomic E-state index is 11.0. The minimum Gasteiger partial charge on any atom is -0.325 e. The van der Waals surface area contributed by atoms with Gasteiger partial charge in [0, 0.05) is 30.3 Å². The SMILES string of the molecule is CC[NH+](CC)c1ccc([NH3+])c(CCNS(C)(=O)=O)c1. The van der Waals surface area contributed by atoms with Crippen molar-refractivity contribution in [1.29, 1.82) is 0 Å². The van der Waals surface area contributed by atoms with Gasteiger partial charge < -0.3 is 10.6 Å². The molecule has 0 aliphatic rings. The van der Waals surface area contributed by atoms with Gasteiger partial charge in [-0.1, -0.05) is 0 Å². The molecule has 0 aliphatic carbocycles. The molecule has 0 bridgehead atoms. The van der Waals surface area contributed by atoms with Crippen LogP contribution in [0.2, 0.25) is 0 Å². The van der Waals surface area contributed by atoms with Crippen molar-refractivity contribution in [3.63, 3.8) is 0 Å². The van der Waals surface area contributed by atoms with Gasteiger partial charge in [-0.15, -0.1) is 0 Å². The fourth-order valence-electron chi connectivity index (χ4n) is 2.11. The Kier molecular flexibility index (Phi) is 5.93. The van der Waals surface area contributed by atoms with Crippen LogP contribution in [0.3, 0.4) is 0 Å². The van der Waals surface area contributed by atoms with Gasteiger partial charge in [-0.3, -0.25) is 0 Å². The second-order valence-electron chi connectivity index (χ2n) is 4.71. The highest BCUT2D eigenvalue weighted by molar-refractivity contribution is 7.88. The summed E-state index contributed by atoms with van der Waals surface area (Å²) in [7, 11) is -3.12. The molecule has 1 aromatic carbocycles. The van der Waals surface area contributed by atoms with E-state index in [4.69, 9.17) is 0 Å². The second kappa shape index (κ2) is 7.00. The third-order valence-electron chi connectivity index (χ3n) is 3.23. The van der Waals surface area contributed by atoms with Crippen LogP contribution in [0.15, 0.2) is 18.2 Å². The zero-order valence-corrected chi connectivity index (χ0v) is 12.8. The summed E-state index contributed by atoms with van der Waals surface area (Å²) in [5.41, 5.74) is 7.31. The molecule has 0 radical (unpaired) electrons. The van der Waals surface area contributed by atoms with E-state index in [-0.39, 0.29) is 0 Å². The van der Waals surface area contributed by atoms with Crippen molar-refractivity contribution in [2.24, 2.45) is 0 Å². The lowest BCUT2D eigenvalue weighted by Gasteiger charge is -2.16. The highest BCUT2D eigenvalue weighted by Gasteiger charge is 2.12. The van der Waals surface area contributed by atoms with Crippen LogP contribution in [0.25, 0.3) is 0 Å². The zero-order chi connectivity index (χ0) is 14.5. The molecule has 0 aromatic heterocycles. The minimum absolute atomic E-state index is 0.415. The first-order chi connectivity index (χ1) is 8.87. The molecule has 1 rings (SSSR count). The number of hydrogen-bond donors (Lipinski definition) is 3. The molecule has 0 aliphatic heterocycles. The summed E-state index contributed by atoms with van der Waals surface area (Å²) < 4.78 is 24.6. The molecule has 5 N–H and O–H groups in total. The Bertz CT molecular complexity index is 511. The first-order valence-corrected chi connectivity index (χ1v) is 8.51. The van der Waals surface area contributed by atoms with Crippen molar-refractivity contribution >= 4 is 21.4 Å². The monoisotopic (exact) mass is 287 g/mol. The predicted octanol–water partition coefficient (Wildman–Crippen LogP) is -0.792. The van der Waals surface area contributed by atoms with E-state index in [1.807, 2.05) is 6.07 Å². The molecule has 6 heteroatoms. The van der Waals surface area contributed by atoms with Crippen LogP contribution < -0.4 is 15.4 Å². The lowest BCUT2D eigenvalue weighted by molar-refractivity contribution is -0.828. The third kappa shape index (κ3) is 5.28. The van der Waals surface area contributed by atoms with Gasteiger partial charge in [0.25, 0.3) is 0 Å². The third-order valence-corrected chi connectivity index (χ3v) is 3.96. The summed E-state index contributed by atoms with van der Waals surface area (Å²) in [5, 5.41) is 0. The molecule has 19 heavy (non-hydrogen) atoms. The first-order valence-electron chi connectivity index (χ1n) is 6.62. The Morgan fingerprint density at radius 1 is 1.26 bits per heavy atom. The van der Waals surface area contributed by atoms with E-state index in [1.54, 1.807) is 0 Å². The van der Waals surface area contributed by atoms with Crippen molar-refractivity contribution in [3.05, 3.63) is 23.8 Å². The molecule has 5 nitrogen and oxygen atoms in total. The van der Waals surface area contributed by atoms with Crippen LogP contribution in [0.4, 0.5) is 11.4 Å². The molecule has 0 saturated heterocycles. The topological polar surface area (TPSA) is 78.2 Å². The van der Waals surface area contributed by atoms with E-state index in [9.17, 15) is 8.42 Å². The molecular weight excluding hydrogens is 262 g/mol. The van der Waals surface area contributed by atoms with E-state index in [0.717, 1.165) is 24.3 Å². The second-order valence-corrected chi connectivity index (χ2v) is 6.54. The van der Waals surface area contributed by atoms with Gasteiger partial charge in [0.2, 0.25) is 10.0 Å². The van der Waals surface area contributed by atoms with Gasteiger partial charge >= 0.3 is 0 Å². The Morgan fingerprint density at radius 3 is 2.42 bits per heavy atom. The lowest BCUT2D eigenvalue weighted by Crippen LogP contribution is -3.06. The maximum Gasteiger partial charge on any atom is 0.208 e. The molecule has 108 valence electrons. The van der Waals surface area contributed by atoms with Crippen LogP contribution in [0.1, 0.15) is 19.4 Å². The number of nitrogens with one attached hydrogen (secondary N) is 2. The summed E-state index contributed by atoms with van der Waals surface area (Å²) >= 11 is 0. The van der Waals surface area contributed by atoms with Crippen molar-refractivity contribution in [2.75, 3.05) is 25.9 Å². The van der Waals surface area contributed by atoms with Gasteiger partial charge in [-0.05, 0) is 20.3 Å². The quantitative estimate of drug-likeness (QED) is 0.614. The Morgan fingerprint density at radius 2 is 1.89 bits per heavy atom. The molecule has 0 heterocycles. The van der Waals surface area contributed by atoms with E-state index >= 15 is 0 Å². The smallest absolute Gasteiger partial charge is 0.208 e. The molecule has 0 fully saturated rings. The number of benzene rings is 1. The summed E-state index contributed by atoms with van der Waals surface area (Å²) in [4.78, 5) is 1.41. The largest absolute Gasteiger partial charge is 0.325 e. The van der Waals surface area contributed by atoms with Crippen molar-refractivity contribution < 1.29 is 19.1 Å². The Hall–Kier alpha value is -0.950. The molecule has 0 saturated carbocycles. The van der Waals surface area contributed by atoms with Gasteiger partial charge in [0.05, 0.1) is 19.3 Å². The van der Waals surface area contributed by atoms with Gasteiger partial charge in [-0.2, -0.15) is 0 Å². The Balaban J connectivity index is 2.80. The van der Waals surface area contributed by atoms with E-state index in [2.05, 4.69) is 36.4 Å². The molecule has 0 unspecified atom stereocenters. The average Bonchev–Trinajstić information content (AvgIpc) is 2.32. The maximum atomic E-state index is 11.0. The predicted molar refractivity (Wildman–Crippen MR) is 77.2 cm³/mol. The highest BCUT2D eigenvalue weighted by atomic mass is 32.2. The first kappa shape index (κ1) is 16.1. The molecule has 0 amide bonds. The molecular formula is C13H25N3O2S+2. The standard InChI is InChI=1S/C13H23N3O2S/c1-4-16(5-2)12-6-7-13(14)11(10-12)8-9-15-19(3,17)18/h6-7,10,15H,4-5,8-9,14H2,1-3H3/p+2. The van der Waals surface area contributed by atoms with Crippen LogP contribution in [0, 0.1) is 0 Å². The van der Waals surface area contributed by atoms with Crippen molar-refractivity contribution in [1.82, 2.24) is 4.72 Å². The summed E-state index contributed by atoms with van der Waals surface area (Å²) in [6.07, 6.45) is 1.84. The minimum atomic E-state index is -3.12. The van der Waals surface area contributed by atoms with E-state index < -0.39 is 10.0 Å². The molecule has 1 aromatic rings. The normalized spacial score (nSPS) is 12.1. The number of sulfonamides is 1. The van der Waals surface area contributed by atoms with Crippen LogP contribution in [0.5, 0.6) is 0 Å². The van der Waals surface area contributed by atoms with Crippen molar-refractivity contribution in [2.45, 2.75) is 20.3 Å². The van der Waals surface area contributed by atoms with E-state index in [0.29, 0.717) is 13.0 Å². The summed E-state index contributed by atoms with van der Waals surface area (Å²) in [6.45, 7) is 6.80. The number of rotatable bonds is 7. The van der Waals surface area contributed by atoms with Crippen LogP contribution in [-0.2, 0) is 16.4 Å².